The second kappa shape index (κ2) is 7.40. The quantitative estimate of drug-likeness (QED) is 0.446. The zero-order chi connectivity index (χ0) is 20.8. The third kappa shape index (κ3) is 3.68. The molecule has 2 fully saturated rings. The summed E-state index contributed by atoms with van der Waals surface area (Å²) >= 11 is -2.62. The summed E-state index contributed by atoms with van der Waals surface area (Å²) in [7, 11) is -3.83. The summed E-state index contributed by atoms with van der Waals surface area (Å²) in [5.41, 5.74) is -0.326. The lowest BCUT2D eigenvalue weighted by Gasteiger charge is -2.39. The van der Waals surface area contributed by atoms with E-state index in [1.807, 2.05) is 4.90 Å². The number of aromatic nitrogens is 4. The molecule has 3 heterocycles. The van der Waals surface area contributed by atoms with Gasteiger partial charge >= 0.3 is 0 Å². The number of nitrogens with one attached hydrogen (secondary N) is 2. The zero-order valence-electron chi connectivity index (χ0n) is 15.7. The number of hydrogen-bond acceptors (Lipinski definition) is 9. The number of benzene rings is 1. The Hall–Kier alpha value is -1.93. The Morgan fingerprint density at radius 2 is 2.10 bits per heavy atom. The maximum absolute atomic E-state index is 13.0. The summed E-state index contributed by atoms with van der Waals surface area (Å²) < 4.78 is 48.5. The lowest BCUT2D eigenvalue weighted by atomic mass is 9.94. The van der Waals surface area contributed by atoms with Crippen LogP contribution in [-0.2, 0) is 20.9 Å². The molecule has 1 aromatic carbocycles. The molecular formula is C16H22N6O5S2. The van der Waals surface area contributed by atoms with Crippen molar-refractivity contribution in [1.82, 2.24) is 25.9 Å². The third-order valence-electron chi connectivity index (χ3n) is 5.35. The van der Waals surface area contributed by atoms with Crippen LogP contribution in [0.15, 0.2) is 21.9 Å². The molecule has 0 spiro atoms. The fourth-order valence-corrected chi connectivity index (χ4v) is 6.61. The van der Waals surface area contributed by atoms with Gasteiger partial charge in [0.15, 0.2) is 20.9 Å². The number of hydrogen-bond donors (Lipinski definition) is 4. The van der Waals surface area contributed by atoms with Crippen LogP contribution in [0.4, 0.5) is 5.69 Å². The van der Waals surface area contributed by atoms with Gasteiger partial charge in [0.1, 0.15) is 0 Å². The van der Waals surface area contributed by atoms with E-state index in [4.69, 9.17) is 0 Å². The lowest BCUT2D eigenvalue weighted by Crippen LogP contribution is -2.51. The van der Waals surface area contributed by atoms with Gasteiger partial charge in [0.25, 0.3) is 0 Å². The van der Waals surface area contributed by atoms with Gasteiger partial charge in [-0.3, -0.25) is 0 Å². The molecule has 1 aromatic heterocycles. The van der Waals surface area contributed by atoms with Crippen molar-refractivity contribution in [2.75, 3.05) is 31.1 Å². The van der Waals surface area contributed by atoms with Crippen LogP contribution in [0.5, 0.6) is 0 Å². The molecule has 0 aliphatic carbocycles. The van der Waals surface area contributed by atoms with Crippen molar-refractivity contribution in [2.45, 2.75) is 40.4 Å². The van der Waals surface area contributed by atoms with Crippen LogP contribution in [-0.4, -0.2) is 79.9 Å². The highest BCUT2D eigenvalue weighted by Crippen LogP contribution is 2.40. The molecule has 2 aromatic rings. The molecule has 0 amide bonds. The molecule has 11 nitrogen and oxygen atoms in total. The molecule has 0 saturated carbocycles. The summed E-state index contributed by atoms with van der Waals surface area (Å²) in [5.74, 6) is 0.0198. The van der Waals surface area contributed by atoms with Gasteiger partial charge in [-0.1, -0.05) is 0 Å². The first kappa shape index (κ1) is 20.3. The van der Waals surface area contributed by atoms with Gasteiger partial charge in [0.2, 0.25) is 5.82 Å². The number of aliphatic hydroxyl groups is 1. The molecule has 2 atom stereocenters. The van der Waals surface area contributed by atoms with E-state index in [0.717, 1.165) is 0 Å². The third-order valence-corrected chi connectivity index (χ3v) is 8.41. The average molecular weight is 443 g/mol. The Morgan fingerprint density at radius 3 is 2.66 bits per heavy atom. The number of aromatic amines is 1. The summed E-state index contributed by atoms with van der Waals surface area (Å²) in [4.78, 5) is 1.38. The molecule has 2 aliphatic heterocycles. The number of rotatable bonds is 5. The van der Waals surface area contributed by atoms with Gasteiger partial charge in [-0.15, -0.1) is 10.2 Å². The Kier molecular flexibility index (Phi) is 5.19. The molecular weight excluding hydrogens is 420 g/mol. The Balaban J connectivity index is 1.94. The summed E-state index contributed by atoms with van der Waals surface area (Å²) in [5, 5.41) is 26.4. The average Bonchev–Trinajstić information content (AvgIpc) is 3.11. The number of piperidine rings is 1. The number of sulfone groups is 1. The van der Waals surface area contributed by atoms with Gasteiger partial charge in [0, 0.05) is 31.9 Å². The van der Waals surface area contributed by atoms with Crippen molar-refractivity contribution in [2.24, 2.45) is 0 Å². The Labute approximate surface area is 170 Å². The SMILES string of the molecule is CC1(O)CCCN(c2ccc(S(=O)(=O)C3CNC3)c(S(=O)O)c2-c2nn[nH]n2)C1. The fourth-order valence-electron chi connectivity index (χ4n) is 3.78. The number of anilines is 1. The summed E-state index contributed by atoms with van der Waals surface area (Å²) in [6, 6.07) is 2.95. The monoisotopic (exact) mass is 442 g/mol. The number of tetrazole rings is 1. The minimum absolute atomic E-state index is 0.0198. The van der Waals surface area contributed by atoms with Gasteiger partial charge in [0.05, 0.1) is 26.2 Å². The van der Waals surface area contributed by atoms with Gasteiger partial charge in [-0.05, 0) is 37.1 Å². The zero-order valence-corrected chi connectivity index (χ0v) is 17.3. The van der Waals surface area contributed by atoms with Crippen molar-refractivity contribution >= 4 is 26.6 Å². The van der Waals surface area contributed by atoms with E-state index in [2.05, 4.69) is 25.9 Å². The van der Waals surface area contributed by atoms with Crippen LogP contribution in [0.2, 0.25) is 0 Å². The Morgan fingerprint density at radius 1 is 1.34 bits per heavy atom. The van der Waals surface area contributed by atoms with Crippen molar-refractivity contribution < 1.29 is 22.3 Å². The van der Waals surface area contributed by atoms with Crippen LogP contribution in [0.25, 0.3) is 11.4 Å². The fraction of sp³-hybridized carbons (Fsp3) is 0.562. The van der Waals surface area contributed by atoms with Crippen molar-refractivity contribution in [3.8, 4) is 11.4 Å². The highest BCUT2D eigenvalue weighted by atomic mass is 32.2. The minimum atomic E-state index is -3.83. The highest BCUT2D eigenvalue weighted by molar-refractivity contribution is 7.92. The van der Waals surface area contributed by atoms with E-state index in [0.29, 0.717) is 25.1 Å². The normalized spacial score (nSPS) is 24.3. The largest absolute Gasteiger partial charge is 0.388 e. The van der Waals surface area contributed by atoms with E-state index in [-0.39, 0.29) is 40.8 Å². The van der Waals surface area contributed by atoms with Crippen LogP contribution >= 0.6 is 0 Å². The standard InChI is InChI=1S/C16H22N6O5S2/c1-16(23)5-2-6-22(9-16)11-3-4-12(29(26,27)10-7-17-8-10)14(28(24)25)13(11)15-18-20-21-19-15/h3-4,10,17,23H,2,5-9H2,1H3,(H,24,25)(H,18,19,20,21). The molecule has 2 unspecified atom stereocenters. The van der Waals surface area contributed by atoms with Gasteiger partial charge in [-0.25, -0.2) is 12.6 Å². The van der Waals surface area contributed by atoms with Crippen LogP contribution in [0.3, 0.4) is 0 Å². The molecule has 0 radical (unpaired) electrons. The summed E-state index contributed by atoms with van der Waals surface area (Å²) in [6.07, 6.45) is 1.34. The Bertz CT molecular complexity index is 1040. The predicted molar refractivity (Wildman–Crippen MR) is 105 cm³/mol. The summed E-state index contributed by atoms with van der Waals surface area (Å²) in [6.45, 7) is 3.17. The lowest BCUT2D eigenvalue weighted by molar-refractivity contribution is 0.0449. The van der Waals surface area contributed by atoms with Crippen molar-refractivity contribution in [3.63, 3.8) is 0 Å². The van der Waals surface area contributed by atoms with E-state index < -0.39 is 31.8 Å². The van der Waals surface area contributed by atoms with Crippen LogP contribution < -0.4 is 10.2 Å². The molecule has 29 heavy (non-hydrogen) atoms. The van der Waals surface area contributed by atoms with Gasteiger partial charge < -0.3 is 19.9 Å². The number of H-pyrrole nitrogens is 1. The van der Waals surface area contributed by atoms with Gasteiger partial charge in [-0.2, -0.15) is 5.21 Å². The second-order valence-corrected chi connectivity index (χ2v) is 10.7. The van der Waals surface area contributed by atoms with Crippen LogP contribution in [0.1, 0.15) is 19.8 Å². The van der Waals surface area contributed by atoms with E-state index >= 15 is 0 Å². The van der Waals surface area contributed by atoms with E-state index in [9.17, 15) is 22.3 Å². The first-order chi connectivity index (χ1) is 13.7. The minimum Gasteiger partial charge on any atom is -0.388 e. The van der Waals surface area contributed by atoms with E-state index in [1.54, 1.807) is 13.0 Å². The molecule has 13 heteroatoms. The first-order valence-corrected chi connectivity index (χ1v) is 11.8. The first-order valence-electron chi connectivity index (χ1n) is 9.14. The molecule has 4 rings (SSSR count). The maximum atomic E-state index is 13.0. The number of β-amino-alcohol motifs (C(OH)–C–C–N with tert-alkyl or cyclic N) is 1. The topological polar surface area (TPSA) is 161 Å². The van der Waals surface area contributed by atoms with E-state index in [1.165, 1.54) is 6.07 Å². The molecule has 4 N–H and O–H groups in total. The number of nitrogens with zero attached hydrogens (tertiary/aromatic N) is 4. The second-order valence-electron chi connectivity index (χ2n) is 7.62. The maximum Gasteiger partial charge on any atom is 0.208 e. The smallest absolute Gasteiger partial charge is 0.208 e. The van der Waals surface area contributed by atoms with Crippen LogP contribution in [0, 0.1) is 0 Å². The molecule has 158 valence electrons. The van der Waals surface area contributed by atoms with Crippen molar-refractivity contribution in [3.05, 3.63) is 12.1 Å². The molecule has 2 saturated heterocycles. The molecule has 2 aliphatic rings. The van der Waals surface area contributed by atoms with Crippen molar-refractivity contribution in [1.29, 1.82) is 0 Å². The predicted octanol–water partition coefficient (Wildman–Crippen LogP) is -0.456. The highest BCUT2D eigenvalue weighted by Gasteiger charge is 2.38. The molecule has 0 bridgehead atoms.